The number of hydrogen-bond acceptors (Lipinski definition) is 4. The first-order chi connectivity index (χ1) is 15.6. The van der Waals surface area contributed by atoms with Crippen LogP contribution in [0.3, 0.4) is 0 Å². The summed E-state index contributed by atoms with van der Waals surface area (Å²) < 4.78 is 5.54. The Morgan fingerprint density at radius 3 is 2.28 bits per heavy atom. The molecule has 0 spiro atoms. The fourth-order valence-corrected chi connectivity index (χ4v) is 4.54. The Hall–Kier alpha value is -3.57. The minimum atomic E-state index is -0.365. The van der Waals surface area contributed by atoms with Crippen molar-refractivity contribution in [2.75, 3.05) is 18.6 Å². The number of nitrogens with zero attached hydrogens (tertiary/aromatic N) is 2. The fraction of sp³-hybridized carbons (Fsp3) is 0.154. The largest absolute Gasteiger partial charge is 0.496 e. The summed E-state index contributed by atoms with van der Waals surface area (Å²) in [7, 11) is 1.56. The summed E-state index contributed by atoms with van der Waals surface area (Å²) >= 11 is 6.03. The summed E-state index contributed by atoms with van der Waals surface area (Å²) in [6.07, 6.45) is 0.807. The topological polar surface area (TPSA) is 49.9 Å². The third kappa shape index (κ3) is 3.35. The van der Waals surface area contributed by atoms with E-state index in [0.29, 0.717) is 46.4 Å². The van der Waals surface area contributed by atoms with Gasteiger partial charge in [-0.3, -0.25) is 9.59 Å². The molecule has 0 fully saturated rings. The number of ether oxygens (including phenoxy) is 1. The lowest BCUT2D eigenvalue weighted by molar-refractivity contribution is -0.120. The Bertz CT molecular complexity index is 1250. The number of halogens is 1. The molecule has 32 heavy (non-hydrogen) atoms. The molecule has 0 unspecified atom stereocenters. The normalized spacial score (nSPS) is 15.9. The van der Waals surface area contributed by atoms with E-state index < -0.39 is 0 Å². The molecule has 2 heterocycles. The van der Waals surface area contributed by atoms with E-state index in [1.807, 2.05) is 35.2 Å². The van der Waals surface area contributed by atoms with Crippen LogP contribution in [0.1, 0.15) is 16.7 Å². The summed E-state index contributed by atoms with van der Waals surface area (Å²) in [5, 5.41) is 0.540. The molecule has 2 amide bonds. The van der Waals surface area contributed by atoms with E-state index in [-0.39, 0.29) is 11.8 Å². The van der Waals surface area contributed by atoms with Crippen molar-refractivity contribution >= 4 is 34.7 Å². The van der Waals surface area contributed by atoms with Crippen molar-refractivity contribution in [2.24, 2.45) is 0 Å². The van der Waals surface area contributed by atoms with Crippen molar-refractivity contribution < 1.29 is 14.3 Å². The number of methoxy groups -OCH3 is 1. The van der Waals surface area contributed by atoms with Gasteiger partial charge in [-0.15, -0.1) is 0 Å². The van der Waals surface area contributed by atoms with E-state index in [9.17, 15) is 9.59 Å². The Morgan fingerprint density at radius 1 is 0.844 bits per heavy atom. The molecule has 0 aromatic heterocycles. The summed E-state index contributed by atoms with van der Waals surface area (Å²) in [4.78, 5) is 30.7. The molecule has 0 bridgehead atoms. The lowest BCUT2D eigenvalue weighted by Gasteiger charge is -2.31. The fourth-order valence-electron chi connectivity index (χ4n) is 4.42. The number of para-hydroxylation sites is 1. The minimum absolute atomic E-state index is 0.336. The van der Waals surface area contributed by atoms with Crippen LogP contribution < -0.4 is 9.64 Å². The van der Waals surface area contributed by atoms with Crippen LogP contribution in [-0.4, -0.2) is 30.4 Å². The second-order valence-corrected chi connectivity index (χ2v) is 8.22. The number of amides is 2. The van der Waals surface area contributed by atoms with Crippen molar-refractivity contribution in [3.05, 3.63) is 100 Å². The monoisotopic (exact) mass is 444 g/mol. The van der Waals surface area contributed by atoms with Crippen LogP contribution in [0.15, 0.2) is 78.5 Å². The van der Waals surface area contributed by atoms with Crippen molar-refractivity contribution in [3.8, 4) is 5.75 Å². The Morgan fingerprint density at radius 2 is 1.53 bits per heavy atom. The molecule has 2 aliphatic heterocycles. The van der Waals surface area contributed by atoms with Crippen molar-refractivity contribution in [1.29, 1.82) is 0 Å². The summed E-state index contributed by atoms with van der Waals surface area (Å²) in [6.45, 7) is 1.22. The molecule has 0 N–H and O–H groups in total. The van der Waals surface area contributed by atoms with Crippen LogP contribution >= 0.6 is 11.6 Å². The van der Waals surface area contributed by atoms with Crippen LogP contribution in [0, 0.1) is 0 Å². The number of carbonyl (C=O) groups excluding carboxylic acids is 2. The molecule has 5 rings (SSSR count). The smallest absolute Gasteiger partial charge is 0.282 e. The standard InChI is InChI=1S/C26H21ClN2O3/c1-32-22-9-5-4-8-21(22)23-24(28-15-14-17-6-2-3-7-18(17)16-28)26(31)29(25(23)30)20-12-10-19(27)11-13-20/h2-13H,14-16H2,1H3. The van der Waals surface area contributed by atoms with Crippen molar-refractivity contribution in [1.82, 2.24) is 4.90 Å². The number of rotatable bonds is 4. The maximum absolute atomic E-state index is 13.7. The number of imide groups is 1. The first kappa shape index (κ1) is 20.3. The Labute approximate surface area is 191 Å². The number of benzene rings is 3. The highest BCUT2D eigenvalue weighted by Gasteiger charge is 2.43. The number of fused-ring (bicyclic) bond motifs is 1. The molecule has 0 saturated heterocycles. The quantitative estimate of drug-likeness (QED) is 0.548. The van der Waals surface area contributed by atoms with Gasteiger partial charge in [0, 0.05) is 23.7 Å². The molecule has 3 aromatic rings. The summed E-state index contributed by atoms with van der Waals surface area (Å²) in [5.41, 5.74) is 4.30. The molecule has 160 valence electrons. The molecule has 2 aliphatic rings. The molecule has 5 nitrogen and oxygen atoms in total. The SMILES string of the molecule is COc1ccccc1C1=C(N2CCc3ccccc3C2)C(=O)N(c2ccc(Cl)cc2)C1=O. The molecule has 3 aromatic carbocycles. The highest BCUT2D eigenvalue weighted by Crippen LogP contribution is 2.39. The van der Waals surface area contributed by atoms with E-state index in [4.69, 9.17) is 16.3 Å². The van der Waals surface area contributed by atoms with Gasteiger partial charge in [0.15, 0.2) is 0 Å². The van der Waals surface area contributed by atoms with Gasteiger partial charge in [0.05, 0.1) is 18.4 Å². The van der Waals surface area contributed by atoms with Crippen LogP contribution in [0.25, 0.3) is 5.57 Å². The van der Waals surface area contributed by atoms with Gasteiger partial charge >= 0.3 is 0 Å². The highest BCUT2D eigenvalue weighted by atomic mass is 35.5. The average Bonchev–Trinajstić information content (AvgIpc) is 3.09. The van der Waals surface area contributed by atoms with Gasteiger partial charge in [-0.25, -0.2) is 4.90 Å². The second kappa shape index (κ2) is 8.17. The Balaban J connectivity index is 1.65. The lowest BCUT2D eigenvalue weighted by Crippen LogP contribution is -2.37. The van der Waals surface area contributed by atoms with Gasteiger partial charge in [-0.1, -0.05) is 54.1 Å². The lowest BCUT2D eigenvalue weighted by atomic mass is 9.97. The zero-order valence-electron chi connectivity index (χ0n) is 17.5. The molecule has 6 heteroatoms. The van der Waals surface area contributed by atoms with Gasteiger partial charge < -0.3 is 9.64 Å². The van der Waals surface area contributed by atoms with E-state index in [0.717, 1.165) is 12.0 Å². The zero-order chi connectivity index (χ0) is 22.2. The van der Waals surface area contributed by atoms with E-state index in [1.54, 1.807) is 37.4 Å². The molecular formula is C26H21ClN2O3. The van der Waals surface area contributed by atoms with Gasteiger partial charge in [0.1, 0.15) is 11.4 Å². The van der Waals surface area contributed by atoms with Gasteiger partial charge in [0.2, 0.25) is 0 Å². The molecule has 0 saturated carbocycles. The first-order valence-corrected chi connectivity index (χ1v) is 10.8. The summed E-state index contributed by atoms with van der Waals surface area (Å²) in [5.74, 6) is -0.148. The molecule has 0 radical (unpaired) electrons. The predicted molar refractivity (Wildman–Crippen MR) is 124 cm³/mol. The third-order valence-electron chi connectivity index (χ3n) is 5.97. The Kier molecular flexibility index (Phi) is 5.19. The zero-order valence-corrected chi connectivity index (χ0v) is 18.3. The maximum atomic E-state index is 13.7. The number of hydrogen-bond donors (Lipinski definition) is 0. The third-order valence-corrected chi connectivity index (χ3v) is 6.22. The second-order valence-electron chi connectivity index (χ2n) is 7.79. The van der Waals surface area contributed by atoms with E-state index in [2.05, 4.69) is 12.1 Å². The van der Waals surface area contributed by atoms with Crippen LogP contribution in [0.4, 0.5) is 5.69 Å². The van der Waals surface area contributed by atoms with Gasteiger partial charge in [-0.05, 0) is 47.9 Å². The average molecular weight is 445 g/mol. The van der Waals surface area contributed by atoms with E-state index in [1.165, 1.54) is 10.5 Å². The van der Waals surface area contributed by atoms with Crippen molar-refractivity contribution in [2.45, 2.75) is 13.0 Å². The van der Waals surface area contributed by atoms with Gasteiger partial charge in [0.25, 0.3) is 11.8 Å². The maximum Gasteiger partial charge on any atom is 0.282 e. The molecular weight excluding hydrogens is 424 g/mol. The summed E-state index contributed by atoms with van der Waals surface area (Å²) in [6, 6.07) is 22.3. The van der Waals surface area contributed by atoms with Gasteiger partial charge in [-0.2, -0.15) is 0 Å². The predicted octanol–water partition coefficient (Wildman–Crippen LogP) is 4.69. The first-order valence-electron chi connectivity index (χ1n) is 10.4. The van der Waals surface area contributed by atoms with Crippen LogP contribution in [-0.2, 0) is 22.6 Å². The van der Waals surface area contributed by atoms with E-state index >= 15 is 0 Å². The molecule has 0 atom stereocenters. The van der Waals surface area contributed by atoms with Crippen LogP contribution in [0.2, 0.25) is 5.02 Å². The van der Waals surface area contributed by atoms with Crippen LogP contribution in [0.5, 0.6) is 5.75 Å². The number of carbonyl (C=O) groups is 2. The highest BCUT2D eigenvalue weighted by molar-refractivity contribution is 6.45. The number of anilines is 1. The minimum Gasteiger partial charge on any atom is -0.496 e. The molecule has 0 aliphatic carbocycles. The van der Waals surface area contributed by atoms with Crippen molar-refractivity contribution in [3.63, 3.8) is 0 Å².